The van der Waals surface area contributed by atoms with Crippen LogP contribution >= 0.6 is 0 Å². The number of anilines is 1. The van der Waals surface area contributed by atoms with Gasteiger partial charge in [-0.05, 0) is 41.8 Å². The molecule has 0 aliphatic carbocycles. The summed E-state index contributed by atoms with van der Waals surface area (Å²) in [4.78, 5) is 24.4. The molecule has 0 aliphatic heterocycles. The van der Waals surface area contributed by atoms with Gasteiger partial charge in [0.25, 0.3) is 0 Å². The zero-order chi connectivity index (χ0) is 22.7. The summed E-state index contributed by atoms with van der Waals surface area (Å²) in [6.07, 6.45) is 1.61. The van der Waals surface area contributed by atoms with E-state index in [-0.39, 0.29) is 23.0 Å². The minimum atomic E-state index is -1.15. The van der Waals surface area contributed by atoms with Crippen molar-refractivity contribution in [3.05, 3.63) is 113 Å². The Morgan fingerprint density at radius 1 is 0.969 bits per heavy atom. The van der Waals surface area contributed by atoms with Gasteiger partial charge < -0.3 is 10.8 Å². The molecule has 1 atom stereocenters. The number of halogens is 1. The summed E-state index contributed by atoms with van der Waals surface area (Å²) in [6.45, 7) is 0. The molecule has 3 aromatic carbocycles. The minimum absolute atomic E-state index is 0.0358. The third kappa shape index (κ3) is 4.27. The van der Waals surface area contributed by atoms with E-state index in [4.69, 9.17) is 10.8 Å². The lowest BCUT2D eigenvalue weighted by Gasteiger charge is -2.17. The molecule has 160 valence electrons. The Kier molecular flexibility index (Phi) is 5.81. The molecule has 7 heteroatoms. The van der Waals surface area contributed by atoms with Crippen LogP contribution in [0.3, 0.4) is 0 Å². The van der Waals surface area contributed by atoms with Crippen LogP contribution in [0.4, 0.5) is 10.2 Å². The van der Waals surface area contributed by atoms with Crippen LogP contribution in [0.2, 0.25) is 0 Å². The van der Waals surface area contributed by atoms with Crippen molar-refractivity contribution in [1.29, 1.82) is 0 Å². The Morgan fingerprint density at radius 3 is 2.22 bits per heavy atom. The highest BCUT2D eigenvalue weighted by Gasteiger charge is 2.23. The molecule has 0 fully saturated rings. The van der Waals surface area contributed by atoms with Crippen molar-refractivity contribution >= 4 is 17.6 Å². The number of hydrogen-bond acceptors (Lipinski definition) is 4. The highest BCUT2D eigenvalue weighted by Crippen LogP contribution is 2.27. The van der Waals surface area contributed by atoms with Gasteiger partial charge in [-0.15, -0.1) is 0 Å². The summed E-state index contributed by atoms with van der Waals surface area (Å²) < 4.78 is 14.8. The minimum Gasteiger partial charge on any atom is -0.477 e. The maximum atomic E-state index is 13.5. The quantitative estimate of drug-likeness (QED) is 0.422. The average Bonchev–Trinajstić information content (AvgIpc) is 3.20. The first-order chi connectivity index (χ1) is 15.4. The number of carbonyl (C=O) groups is 2. The zero-order valence-corrected chi connectivity index (χ0v) is 17.0. The van der Waals surface area contributed by atoms with Crippen molar-refractivity contribution in [2.75, 3.05) is 5.73 Å². The number of nitrogens with zero attached hydrogens (tertiary/aromatic N) is 2. The molecular weight excluding hydrogens is 409 g/mol. The van der Waals surface area contributed by atoms with Crippen LogP contribution < -0.4 is 5.73 Å². The second-order valence-corrected chi connectivity index (χ2v) is 7.37. The van der Waals surface area contributed by atoms with Gasteiger partial charge in [-0.3, -0.25) is 4.79 Å². The summed E-state index contributed by atoms with van der Waals surface area (Å²) in [5.74, 6) is -2.01. The van der Waals surface area contributed by atoms with E-state index in [1.165, 1.54) is 23.0 Å². The van der Waals surface area contributed by atoms with Crippen LogP contribution in [0.5, 0.6) is 0 Å². The molecule has 3 N–H and O–H groups in total. The number of carbonyl (C=O) groups excluding carboxylic acids is 1. The maximum Gasteiger partial charge on any atom is 0.341 e. The Hall–Kier alpha value is -4.26. The Balaban J connectivity index is 1.63. The van der Waals surface area contributed by atoms with Crippen LogP contribution in [0, 0.1) is 5.82 Å². The molecular formula is C25H20FN3O3. The van der Waals surface area contributed by atoms with Gasteiger partial charge >= 0.3 is 5.97 Å². The van der Waals surface area contributed by atoms with Crippen molar-refractivity contribution < 1.29 is 19.1 Å². The van der Waals surface area contributed by atoms with Crippen LogP contribution in [0.15, 0.2) is 85.1 Å². The van der Waals surface area contributed by atoms with Crippen LogP contribution in [0.1, 0.15) is 37.8 Å². The van der Waals surface area contributed by atoms with E-state index in [0.29, 0.717) is 17.7 Å². The average molecular weight is 429 g/mol. The van der Waals surface area contributed by atoms with Gasteiger partial charge in [0.05, 0.1) is 17.8 Å². The van der Waals surface area contributed by atoms with E-state index in [0.717, 1.165) is 11.1 Å². The van der Waals surface area contributed by atoms with Crippen molar-refractivity contribution in [2.45, 2.75) is 12.3 Å². The van der Waals surface area contributed by atoms with Crippen LogP contribution in [0.25, 0.3) is 5.69 Å². The summed E-state index contributed by atoms with van der Waals surface area (Å²) in [6, 6.07) is 22.2. The molecule has 0 saturated carbocycles. The molecule has 1 heterocycles. The molecule has 1 aromatic heterocycles. The van der Waals surface area contributed by atoms with Gasteiger partial charge in [0.1, 0.15) is 17.2 Å². The first-order valence-corrected chi connectivity index (χ1v) is 9.95. The van der Waals surface area contributed by atoms with E-state index in [2.05, 4.69) is 5.10 Å². The standard InChI is InChI=1S/C25H20FN3O3/c26-19-10-8-17(9-11-19)21(23(30)18-4-2-1-3-5-18)14-16-6-12-20(13-7-16)29-24(27)22(15-28-29)25(31)32/h1-13,15,21H,14,27H2,(H,31,32). The van der Waals surface area contributed by atoms with Gasteiger partial charge in [0.2, 0.25) is 0 Å². The van der Waals surface area contributed by atoms with Crippen LogP contribution in [-0.4, -0.2) is 26.6 Å². The highest BCUT2D eigenvalue weighted by atomic mass is 19.1. The predicted molar refractivity (Wildman–Crippen MR) is 119 cm³/mol. The summed E-state index contributed by atoms with van der Waals surface area (Å²) >= 11 is 0. The molecule has 4 rings (SSSR count). The summed E-state index contributed by atoms with van der Waals surface area (Å²) in [5, 5.41) is 13.2. The number of Topliss-reactive ketones (excluding diaryl/α,β-unsaturated/α-hetero) is 1. The molecule has 4 aromatic rings. The Labute approximate surface area is 183 Å². The lowest BCUT2D eigenvalue weighted by molar-refractivity contribution is 0.0697. The number of rotatable bonds is 7. The highest BCUT2D eigenvalue weighted by molar-refractivity contribution is 6.01. The van der Waals surface area contributed by atoms with Crippen molar-refractivity contribution in [3.8, 4) is 5.69 Å². The fraction of sp³-hybridized carbons (Fsp3) is 0.0800. The van der Waals surface area contributed by atoms with Crippen LogP contribution in [-0.2, 0) is 6.42 Å². The van der Waals surface area contributed by atoms with E-state index in [1.54, 1.807) is 36.4 Å². The SMILES string of the molecule is Nc1c(C(=O)O)cnn1-c1ccc(CC(C(=O)c2ccccc2)c2ccc(F)cc2)cc1. The first kappa shape index (κ1) is 21.0. The molecule has 0 amide bonds. The molecule has 0 saturated heterocycles. The van der Waals surface area contributed by atoms with E-state index in [9.17, 15) is 14.0 Å². The molecule has 0 aliphatic rings. The molecule has 0 bridgehead atoms. The second-order valence-electron chi connectivity index (χ2n) is 7.37. The molecule has 0 spiro atoms. The first-order valence-electron chi connectivity index (χ1n) is 9.95. The van der Waals surface area contributed by atoms with E-state index >= 15 is 0 Å². The zero-order valence-electron chi connectivity index (χ0n) is 17.0. The number of ketones is 1. The van der Waals surface area contributed by atoms with Crippen molar-refractivity contribution in [1.82, 2.24) is 9.78 Å². The largest absolute Gasteiger partial charge is 0.477 e. The predicted octanol–water partition coefficient (Wildman–Crippen LogP) is 4.50. The van der Waals surface area contributed by atoms with Gasteiger partial charge in [0, 0.05) is 5.56 Å². The van der Waals surface area contributed by atoms with Crippen molar-refractivity contribution in [2.24, 2.45) is 0 Å². The number of carboxylic acid groups (broad SMARTS) is 1. The number of benzene rings is 3. The molecule has 1 unspecified atom stereocenters. The fourth-order valence-corrected chi connectivity index (χ4v) is 3.60. The fourth-order valence-electron chi connectivity index (χ4n) is 3.60. The summed E-state index contributed by atoms with van der Waals surface area (Å²) in [5.41, 5.74) is 8.63. The monoisotopic (exact) mass is 429 g/mol. The number of nitrogens with two attached hydrogens (primary N) is 1. The lowest BCUT2D eigenvalue weighted by atomic mass is 9.85. The number of aromatic nitrogens is 2. The maximum absolute atomic E-state index is 13.5. The third-order valence-electron chi connectivity index (χ3n) is 5.30. The number of aromatic carboxylic acids is 1. The molecule has 6 nitrogen and oxygen atoms in total. The van der Waals surface area contributed by atoms with E-state index in [1.807, 2.05) is 30.3 Å². The van der Waals surface area contributed by atoms with Gasteiger partial charge in [0.15, 0.2) is 5.78 Å². The third-order valence-corrected chi connectivity index (χ3v) is 5.30. The van der Waals surface area contributed by atoms with Gasteiger partial charge in [-0.25, -0.2) is 13.9 Å². The van der Waals surface area contributed by atoms with Gasteiger partial charge in [-0.1, -0.05) is 54.6 Å². The summed E-state index contributed by atoms with van der Waals surface area (Å²) in [7, 11) is 0. The van der Waals surface area contributed by atoms with Gasteiger partial charge in [-0.2, -0.15) is 5.10 Å². The Morgan fingerprint density at radius 2 is 1.62 bits per heavy atom. The Bertz CT molecular complexity index is 1250. The smallest absolute Gasteiger partial charge is 0.341 e. The molecule has 0 radical (unpaired) electrons. The van der Waals surface area contributed by atoms with Crippen molar-refractivity contribution in [3.63, 3.8) is 0 Å². The number of nitrogen functional groups attached to an aromatic ring is 1. The normalized spacial score (nSPS) is 11.8. The lowest BCUT2D eigenvalue weighted by Crippen LogP contribution is -2.16. The number of carboxylic acids is 1. The van der Waals surface area contributed by atoms with E-state index < -0.39 is 11.9 Å². The number of hydrogen-bond donors (Lipinski definition) is 2. The molecule has 32 heavy (non-hydrogen) atoms. The topological polar surface area (TPSA) is 98.2 Å². The second kappa shape index (κ2) is 8.85.